The van der Waals surface area contributed by atoms with Crippen LogP contribution in [0.15, 0.2) is 11.0 Å². The van der Waals surface area contributed by atoms with E-state index >= 15 is 0 Å². The Kier molecular flexibility index (Phi) is 5.56. The van der Waals surface area contributed by atoms with Crippen molar-refractivity contribution < 1.29 is 13.5 Å². The zero-order chi connectivity index (χ0) is 15.5. The van der Waals surface area contributed by atoms with Crippen molar-refractivity contribution in [3.63, 3.8) is 0 Å². The summed E-state index contributed by atoms with van der Waals surface area (Å²) in [7, 11) is -3.64. The van der Waals surface area contributed by atoms with Crippen LogP contribution in [0.4, 0.5) is 5.69 Å². The smallest absolute Gasteiger partial charge is 0.241 e. The van der Waals surface area contributed by atoms with Crippen LogP contribution in [-0.4, -0.2) is 26.2 Å². The summed E-state index contributed by atoms with van der Waals surface area (Å²) in [6.07, 6.45) is 1.02. The zero-order valence-electron chi connectivity index (χ0n) is 12.5. The summed E-state index contributed by atoms with van der Waals surface area (Å²) in [5.74, 6) is 0. The van der Waals surface area contributed by atoms with Crippen molar-refractivity contribution >= 4 is 15.7 Å². The number of anilines is 1. The number of sulfonamides is 1. The fourth-order valence-electron chi connectivity index (χ4n) is 2.38. The van der Waals surface area contributed by atoms with Gasteiger partial charge in [-0.2, -0.15) is 0 Å². The first-order chi connectivity index (χ1) is 9.24. The van der Waals surface area contributed by atoms with Gasteiger partial charge in [0.15, 0.2) is 0 Å². The molecule has 0 spiro atoms. The number of rotatable bonds is 6. The Labute approximate surface area is 121 Å². The van der Waals surface area contributed by atoms with Gasteiger partial charge in [-0.15, -0.1) is 0 Å². The van der Waals surface area contributed by atoms with E-state index in [1.54, 1.807) is 19.9 Å². The van der Waals surface area contributed by atoms with Gasteiger partial charge in [0, 0.05) is 18.3 Å². The first-order valence-electron chi connectivity index (χ1n) is 6.74. The third kappa shape index (κ3) is 3.50. The van der Waals surface area contributed by atoms with Gasteiger partial charge in [0.05, 0.1) is 4.90 Å². The highest BCUT2D eigenvalue weighted by Crippen LogP contribution is 2.28. The van der Waals surface area contributed by atoms with E-state index in [4.69, 9.17) is 10.8 Å². The predicted molar refractivity (Wildman–Crippen MR) is 81.2 cm³/mol. The van der Waals surface area contributed by atoms with Gasteiger partial charge in [0.25, 0.3) is 0 Å². The molecule has 0 fully saturated rings. The summed E-state index contributed by atoms with van der Waals surface area (Å²) >= 11 is 0. The van der Waals surface area contributed by atoms with Crippen LogP contribution in [0.5, 0.6) is 0 Å². The molecule has 0 radical (unpaired) electrons. The lowest BCUT2D eigenvalue weighted by Gasteiger charge is -2.20. The molecule has 0 aromatic heterocycles. The van der Waals surface area contributed by atoms with Crippen LogP contribution in [0.1, 0.15) is 36.5 Å². The average molecular weight is 300 g/mol. The largest absolute Gasteiger partial charge is 0.398 e. The van der Waals surface area contributed by atoms with Crippen LogP contribution in [0.2, 0.25) is 0 Å². The van der Waals surface area contributed by atoms with Crippen LogP contribution in [-0.2, 0) is 10.0 Å². The molecule has 0 aliphatic carbocycles. The van der Waals surface area contributed by atoms with Crippen molar-refractivity contribution in [2.24, 2.45) is 0 Å². The van der Waals surface area contributed by atoms with Gasteiger partial charge in [-0.1, -0.05) is 13.0 Å². The number of aliphatic hydroxyl groups excluding tert-OH is 1. The first kappa shape index (κ1) is 16.9. The Morgan fingerprint density at radius 1 is 1.30 bits per heavy atom. The summed E-state index contributed by atoms with van der Waals surface area (Å²) < 4.78 is 27.7. The Morgan fingerprint density at radius 2 is 1.90 bits per heavy atom. The highest BCUT2D eigenvalue weighted by atomic mass is 32.2. The highest BCUT2D eigenvalue weighted by molar-refractivity contribution is 7.89. The van der Waals surface area contributed by atoms with E-state index in [1.165, 1.54) is 0 Å². The summed E-state index contributed by atoms with van der Waals surface area (Å²) in [5.41, 5.74) is 8.58. The molecule has 0 amide bonds. The summed E-state index contributed by atoms with van der Waals surface area (Å²) in [6.45, 7) is 7.18. The molecule has 6 heteroatoms. The van der Waals surface area contributed by atoms with Crippen molar-refractivity contribution in [1.29, 1.82) is 0 Å². The lowest BCUT2D eigenvalue weighted by atomic mass is 10.1. The van der Waals surface area contributed by atoms with E-state index < -0.39 is 10.0 Å². The normalized spacial score (nSPS) is 13.4. The molecule has 0 saturated heterocycles. The average Bonchev–Trinajstić information content (AvgIpc) is 2.34. The van der Waals surface area contributed by atoms with Crippen molar-refractivity contribution in [2.45, 2.75) is 51.5 Å². The molecule has 5 nitrogen and oxygen atoms in total. The molecule has 0 heterocycles. The predicted octanol–water partition coefficient (Wildman–Crippen LogP) is 1.63. The SMILES string of the molecule is CCC(CCO)NS(=O)(=O)c1c(C)cc(C)c(N)c1C. The van der Waals surface area contributed by atoms with E-state index in [0.29, 0.717) is 29.7 Å². The van der Waals surface area contributed by atoms with Crippen molar-refractivity contribution in [3.05, 3.63) is 22.8 Å². The van der Waals surface area contributed by atoms with Crippen molar-refractivity contribution in [2.75, 3.05) is 12.3 Å². The molecule has 0 saturated carbocycles. The van der Waals surface area contributed by atoms with Gasteiger partial charge < -0.3 is 10.8 Å². The van der Waals surface area contributed by atoms with Gasteiger partial charge >= 0.3 is 0 Å². The fourth-order valence-corrected chi connectivity index (χ4v) is 4.21. The molecular formula is C14H24N2O3S. The molecule has 1 aromatic carbocycles. The minimum Gasteiger partial charge on any atom is -0.398 e. The number of nitrogens with two attached hydrogens (primary N) is 1. The van der Waals surface area contributed by atoms with Crippen molar-refractivity contribution in [3.8, 4) is 0 Å². The maximum Gasteiger partial charge on any atom is 0.241 e. The Hall–Kier alpha value is -1.11. The van der Waals surface area contributed by atoms with E-state index in [-0.39, 0.29) is 17.5 Å². The number of nitrogen functional groups attached to an aromatic ring is 1. The van der Waals surface area contributed by atoms with Crippen LogP contribution in [0, 0.1) is 20.8 Å². The molecule has 0 bridgehead atoms. The highest BCUT2D eigenvalue weighted by Gasteiger charge is 2.24. The minimum absolute atomic E-state index is 0.0466. The van der Waals surface area contributed by atoms with E-state index in [0.717, 1.165) is 5.56 Å². The van der Waals surface area contributed by atoms with Crippen LogP contribution >= 0.6 is 0 Å². The van der Waals surface area contributed by atoms with Crippen LogP contribution in [0.3, 0.4) is 0 Å². The molecule has 4 N–H and O–H groups in total. The fraction of sp³-hybridized carbons (Fsp3) is 0.571. The number of benzene rings is 1. The molecule has 0 aliphatic rings. The second-order valence-corrected chi connectivity index (χ2v) is 6.77. The molecule has 1 rings (SSSR count). The molecule has 20 heavy (non-hydrogen) atoms. The molecule has 1 atom stereocenters. The summed E-state index contributed by atoms with van der Waals surface area (Å²) in [4.78, 5) is 0.247. The standard InChI is InChI=1S/C14H24N2O3S/c1-5-12(6-7-17)16-20(18,19)14-10(3)8-9(2)13(15)11(14)4/h8,12,16-17H,5-7,15H2,1-4H3. The number of hydrogen-bond acceptors (Lipinski definition) is 4. The molecule has 1 aromatic rings. The van der Waals surface area contributed by atoms with E-state index in [2.05, 4.69) is 4.72 Å². The lowest BCUT2D eigenvalue weighted by molar-refractivity contribution is 0.270. The topological polar surface area (TPSA) is 92.4 Å². The van der Waals surface area contributed by atoms with Gasteiger partial charge in [-0.25, -0.2) is 13.1 Å². The molecule has 114 valence electrons. The number of aliphatic hydroxyl groups is 1. The summed E-state index contributed by atoms with van der Waals surface area (Å²) in [6, 6.07) is 1.51. The van der Waals surface area contributed by atoms with Crippen LogP contribution < -0.4 is 10.5 Å². The van der Waals surface area contributed by atoms with Crippen LogP contribution in [0.25, 0.3) is 0 Å². The van der Waals surface area contributed by atoms with Gasteiger partial charge in [0.2, 0.25) is 10.0 Å². The molecule has 0 aliphatic heterocycles. The Balaban J connectivity index is 3.26. The maximum absolute atomic E-state index is 12.5. The number of hydrogen-bond donors (Lipinski definition) is 3. The van der Waals surface area contributed by atoms with Gasteiger partial charge in [-0.3, -0.25) is 0 Å². The summed E-state index contributed by atoms with van der Waals surface area (Å²) in [5, 5.41) is 8.97. The monoisotopic (exact) mass is 300 g/mol. The van der Waals surface area contributed by atoms with Gasteiger partial charge in [-0.05, 0) is 50.3 Å². The van der Waals surface area contributed by atoms with Gasteiger partial charge in [0.1, 0.15) is 0 Å². The third-order valence-corrected chi connectivity index (χ3v) is 5.33. The zero-order valence-corrected chi connectivity index (χ0v) is 13.3. The van der Waals surface area contributed by atoms with E-state index in [1.807, 2.05) is 13.8 Å². The lowest BCUT2D eigenvalue weighted by Crippen LogP contribution is -2.36. The maximum atomic E-state index is 12.5. The first-order valence-corrected chi connectivity index (χ1v) is 8.22. The Morgan fingerprint density at radius 3 is 2.40 bits per heavy atom. The quantitative estimate of drug-likeness (QED) is 0.696. The Bertz CT molecular complexity index is 583. The second kappa shape index (κ2) is 6.56. The number of aryl methyl sites for hydroxylation is 2. The van der Waals surface area contributed by atoms with Crippen molar-refractivity contribution in [1.82, 2.24) is 4.72 Å². The second-order valence-electron chi connectivity index (χ2n) is 5.12. The molecule has 1 unspecified atom stereocenters. The number of nitrogens with one attached hydrogen (secondary N) is 1. The van der Waals surface area contributed by atoms with E-state index in [9.17, 15) is 8.42 Å². The molecular weight excluding hydrogens is 276 g/mol. The minimum atomic E-state index is -3.64. The third-order valence-electron chi connectivity index (χ3n) is 3.52.